The standard InChI is InChI=1S/C15H18FN3O/c1-3-6-15(20)17-14-9-11(2)19(18-14)10-12-7-4-5-8-13(12)16/h4-5,7-9H,3,6,10H2,1-2H3,(H,17,18,20). The first-order valence-electron chi connectivity index (χ1n) is 6.68. The summed E-state index contributed by atoms with van der Waals surface area (Å²) < 4.78 is 15.3. The van der Waals surface area contributed by atoms with Gasteiger partial charge >= 0.3 is 0 Å². The van der Waals surface area contributed by atoms with Gasteiger partial charge < -0.3 is 5.32 Å². The summed E-state index contributed by atoms with van der Waals surface area (Å²) >= 11 is 0. The Balaban J connectivity index is 2.12. The smallest absolute Gasteiger partial charge is 0.225 e. The molecule has 0 fully saturated rings. The molecule has 1 amide bonds. The molecule has 0 atom stereocenters. The second-order valence-electron chi connectivity index (χ2n) is 4.72. The highest BCUT2D eigenvalue weighted by molar-refractivity contribution is 5.89. The third-order valence-electron chi connectivity index (χ3n) is 3.00. The molecule has 1 heterocycles. The Hall–Kier alpha value is -2.17. The van der Waals surface area contributed by atoms with Gasteiger partial charge in [-0.2, -0.15) is 5.10 Å². The fourth-order valence-corrected chi connectivity index (χ4v) is 1.95. The number of aryl methyl sites for hydroxylation is 1. The Morgan fingerprint density at radius 1 is 1.40 bits per heavy atom. The number of carbonyl (C=O) groups is 1. The molecule has 4 nitrogen and oxygen atoms in total. The van der Waals surface area contributed by atoms with Crippen molar-refractivity contribution in [3.05, 3.63) is 47.4 Å². The number of carbonyl (C=O) groups excluding carboxylic acids is 1. The van der Waals surface area contributed by atoms with Crippen molar-refractivity contribution in [2.45, 2.75) is 33.2 Å². The first-order chi connectivity index (χ1) is 9.60. The molecule has 0 aliphatic carbocycles. The van der Waals surface area contributed by atoms with Crippen LogP contribution < -0.4 is 5.32 Å². The molecule has 0 saturated heterocycles. The summed E-state index contributed by atoms with van der Waals surface area (Å²) in [6, 6.07) is 8.39. The second-order valence-corrected chi connectivity index (χ2v) is 4.72. The molecule has 0 spiro atoms. The summed E-state index contributed by atoms with van der Waals surface area (Å²) in [5.74, 6) is 0.208. The van der Waals surface area contributed by atoms with E-state index in [1.54, 1.807) is 28.9 Å². The van der Waals surface area contributed by atoms with E-state index < -0.39 is 0 Å². The molecule has 0 bridgehead atoms. The highest BCUT2D eigenvalue weighted by atomic mass is 19.1. The molecule has 2 rings (SSSR count). The summed E-state index contributed by atoms with van der Waals surface area (Å²) in [7, 11) is 0. The number of amides is 1. The van der Waals surface area contributed by atoms with Crippen LogP contribution >= 0.6 is 0 Å². The zero-order valence-corrected chi connectivity index (χ0v) is 11.7. The monoisotopic (exact) mass is 275 g/mol. The molecular formula is C15H18FN3O. The Morgan fingerprint density at radius 2 is 2.15 bits per heavy atom. The molecule has 0 unspecified atom stereocenters. The second kappa shape index (κ2) is 6.32. The Morgan fingerprint density at radius 3 is 2.85 bits per heavy atom. The van der Waals surface area contributed by atoms with Crippen molar-refractivity contribution in [3.8, 4) is 0 Å². The van der Waals surface area contributed by atoms with Crippen molar-refractivity contribution in [1.29, 1.82) is 0 Å². The minimum atomic E-state index is -0.251. The van der Waals surface area contributed by atoms with Gasteiger partial charge in [-0.1, -0.05) is 25.1 Å². The van der Waals surface area contributed by atoms with Gasteiger partial charge in [0.15, 0.2) is 5.82 Å². The summed E-state index contributed by atoms with van der Waals surface area (Å²) in [6.45, 7) is 4.17. The Kier molecular flexibility index (Phi) is 4.50. The van der Waals surface area contributed by atoms with E-state index in [1.165, 1.54) is 6.07 Å². The van der Waals surface area contributed by atoms with Crippen LogP contribution in [0.4, 0.5) is 10.2 Å². The Labute approximate surface area is 117 Å². The number of aromatic nitrogens is 2. The summed E-state index contributed by atoms with van der Waals surface area (Å²) in [5, 5.41) is 7.03. The van der Waals surface area contributed by atoms with Crippen molar-refractivity contribution in [1.82, 2.24) is 9.78 Å². The zero-order chi connectivity index (χ0) is 14.5. The number of benzene rings is 1. The lowest BCUT2D eigenvalue weighted by Gasteiger charge is -2.05. The van der Waals surface area contributed by atoms with Crippen molar-refractivity contribution >= 4 is 11.7 Å². The van der Waals surface area contributed by atoms with Gasteiger partial charge in [0.1, 0.15) is 5.82 Å². The largest absolute Gasteiger partial charge is 0.309 e. The molecule has 1 aromatic heterocycles. The minimum absolute atomic E-state index is 0.0527. The van der Waals surface area contributed by atoms with Crippen LogP contribution in [0.5, 0.6) is 0 Å². The lowest BCUT2D eigenvalue weighted by atomic mass is 10.2. The SMILES string of the molecule is CCCC(=O)Nc1cc(C)n(Cc2ccccc2F)n1. The maximum Gasteiger partial charge on any atom is 0.225 e. The third-order valence-corrected chi connectivity index (χ3v) is 3.00. The van der Waals surface area contributed by atoms with Crippen LogP contribution in [0, 0.1) is 12.7 Å². The van der Waals surface area contributed by atoms with Crippen LogP contribution in [0.15, 0.2) is 30.3 Å². The van der Waals surface area contributed by atoms with Gasteiger partial charge in [0.2, 0.25) is 5.91 Å². The average Bonchev–Trinajstić information content (AvgIpc) is 2.72. The number of nitrogens with one attached hydrogen (secondary N) is 1. The fraction of sp³-hybridized carbons (Fsp3) is 0.333. The molecule has 0 saturated carbocycles. The molecule has 1 aromatic carbocycles. The van der Waals surface area contributed by atoms with E-state index in [4.69, 9.17) is 0 Å². The number of rotatable bonds is 5. The van der Waals surface area contributed by atoms with Crippen molar-refractivity contribution in [2.75, 3.05) is 5.32 Å². The van der Waals surface area contributed by atoms with Gasteiger partial charge in [0.25, 0.3) is 0 Å². The molecule has 1 N–H and O–H groups in total. The topological polar surface area (TPSA) is 46.9 Å². The fourth-order valence-electron chi connectivity index (χ4n) is 1.95. The van der Waals surface area contributed by atoms with E-state index in [9.17, 15) is 9.18 Å². The summed E-state index contributed by atoms with van der Waals surface area (Å²) in [5.41, 5.74) is 1.45. The molecule has 0 aliphatic heterocycles. The van der Waals surface area contributed by atoms with Crippen molar-refractivity contribution in [3.63, 3.8) is 0 Å². The van der Waals surface area contributed by atoms with E-state index in [-0.39, 0.29) is 11.7 Å². The third kappa shape index (κ3) is 3.44. The number of nitrogens with zero attached hydrogens (tertiary/aromatic N) is 2. The van der Waals surface area contributed by atoms with Crippen LogP contribution in [-0.4, -0.2) is 15.7 Å². The highest BCUT2D eigenvalue weighted by Crippen LogP contribution is 2.13. The first-order valence-corrected chi connectivity index (χ1v) is 6.68. The van der Waals surface area contributed by atoms with Crippen LogP contribution in [0.1, 0.15) is 31.0 Å². The van der Waals surface area contributed by atoms with Gasteiger partial charge in [-0.25, -0.2) is 4.39 Å². The number of hydrogen-bond acceptors (Lipinski definition) is 2. The number of halogens is 1. The normalized spacial score (nSPS) is 10.6. The van der Waals surface area contributed by atoms with Gasteiger partial charge in [-0.05, 0) is 19.4 Å². The lowest BCUT2D eigenvalue weighted by molar-refractivity contribution is -0.116. The predicted molar refractivity (Wildman–Crippen MR) is 76.0 cm³/mol. The van der Waals surface area contributed by atoms with Crippen LogP contribution in [0.3, 0.4) is 0 Å². The molecule has 106 valence electrons. The average molecular weight is 275 g/mol. The maximum absolute atomic E-state index is 13.6. The van der Waals surface area contributed by atoms with E-state index >= 15 is 0 Å². The molecule has 5 heteroatoms. The maximum atomic E-state index is 13.6. The van der Waals surface area contributed by atoms with Crippen LogP contribution in [0.25, 0.3) is 0 Å². The quantitative estimate of drug-likeness (QED) is 0.911. The summed E-state index contributed by atoms with van der Waals surface area (Å²) in [6.07, 6.45) is 1.26. The van der Waals surface area contributed by atoms with Gasteiger partial charge in [-0.15, -0.1) is 0 Å². The first kappa shape index (κ1) is 14.2. The zero-order valence-electron chi connectivity index (χ0n) is 11.7. The number of anilines is 1. The Bertz CT molecular complexity index is 607. The van der Waals surface area contributed by atoms with E-state index in [1.807, 2.05) is 13.8 Å². The molecule has 0 radical (unpaired) electrons. The number of hydrogen-bond donors (Lipinski definition) is 1. The van der Waals surface area contributed by atoms with Gasteiger partial charge in [0.05, 0.1) is 6.54 Å². The van der Waals surface area contributed by atoms with E-state index in [0.29, 0.717) is 24.3 Å². The predicted octanol–water partition coefficient (Wildman–Crippen LogP) is 3.12. The highest BCUT2D eigenvalue weighted by Gasteiger charge is 2.09. The molecule has 20 heavy (non-hydrogen) atoms. The minimum Gasteiger partial charge on any atom is -0.309 e. The van der Waals surface area contributed by atoms with E-state index in [2.05, 4.69) is 10.4 Å². The van der Waals surface area contributed by atoms with E-state index in [0.717, 1.165) is 12.1 Å². The lowest BCUT2D eigenvalue weighted by Crippen LogP contribution is -2.12. The van der Waals surface area contributed by atoms with Crippen LogP contribution in [0.2, 0.25) is 0 Å². The van der Waals surface area contributed by atoms with Gasteiger partial charge in [-0.3, -0.25) is 9.48 Å². The van der Waals surface area contributed by atoms with Crippen LogP contribution in [-0.2, 0) is 11.3 Å². The van der Waals surface area contributed by atoms with Crippen molar-refractivity contribution < 1.29 is 9.18 Å². The molecule has 2 aromatic rings. The van der Waals surface area contributed by atoms with Gasteiger partial charge in [0, 0.05) is 23.7 Å². The summed E-state index contributed by atoms with van der Waals surface area (Å²) in [4.78, 5) is 11.5. The van der Waals surface area contributed by atoms with Crippen molar-refractivity contribution in [2.24, 2.45) is 0 Å². The molecular weight excluding hydrogens is 257 g/mol. The molecule has 0 aliphatic rings.